The van der Waals surface area contributed by atoms with Gasteiger partial charge in [0.2, 0.25) is 0 Å². The molecule has 0 unspecified atom stereocenters. The number of hydrogen-bond acceptors (Lipinski definition) is 5. The average molecular weight is 532 g/mol. The number of amides is 1. The normalized spacial score (nSPS) is 15.8. The molecule has 184 valence electrons. The predicted molar refractivity (Wildman–Crippen MR) is 146 cm³/mol. The second-order valence-corrected chi connectivity index (χ2v) is 11.7. The smallest absolute Gasteiger partial charge is 0.259 e. The highest BCUT2D eigenvalue weighted by Crippen LogP contribution is 2.45. The summed E-state index contributed by atoms with van der Waals surface area (Å²) >= 11 is 13.7. The number of phenolic OH excluding ortho intramolecular Hbond substituents is 1. The van der Waals surface area contributed by atoms with Crippen molar-refractivity contribution >= 4 is 57.3 Å². The van der Waals surface area contributed by atoms with Crippen LogP contribution in [0.5, 0.6) is 11.5 Å². The molecule has 0 radical (unpaired) electrons. The van der Waals surface area contributed by atoms with Crippen molar-refractivity contribution in [1.82, 2.24) is 0 Å². The maximum Gasteiger partial charge on any atom is 0.259 e. The first-order valence-corrected chi connectivity index (χ1v) is 13.0. The minimum Gasteiger partial charge on any atom is -0.503 e. The monoisotopic (exact) mass is 530 g/mol. The summed E-state index contributed by atoms with van der Waals surface area (Å²) in [5.41, 5.74) is 3.21. The average Bonchev–Trinajstić information content (AvgIpc) is 3.18. The maximum atomic E-state index is 13.5. The number of aromatic hydroxyl groups is 1. The Bertz CT molecular complexity index is 1280. The number of nitrogens with zero attached hydrogens (tertiary/aromatic N) is 1. The molecule has 1 heterocycles. The van der Waals surface area contributed by atoms with Crippen LogP contribution in [0.3, 0.4) is 0 Å². The summed E-state index contributed by atoms with van der Waals surface area (Å²) in [5.74, 6) is 0.498. The van der Waals surface area contributed by atoms with E-state index in [1.807, 2.05) is 0 Å². The lowest BCUT2D eigenvalue weighted by molar-refractivity contribution is 0.102. The van der Waals surface area contributed by atoms with Crippen molar-refractivity contribution in [3.8, 4) is 11.5 Å². The molecule has 1 atom stereocenters. The molecular formula is C27H28Cl2N2O3S. The number of rotatable bonds is 5. The van der Waals surface area contributed by atoms with Gasteiger partial charge in [-0.3, -0.25) is 4.79 Å². The molecule has 0 saturated carbocycles. The number of fused-ring (bicyclic) bond motifs is 1. The molecule has 0 fully saturated rings. The minimum absolute atomic E-state index is 0.117. The van der Waals surface area contributed by atoms with Crippen LogP contribution in [0.15, 0.2) is 41.4 Å². The maximum absolute atomic E-state index is 13.5. The van der Waals surface area contributed by atoms with Crippen LogP contribution >= 0.6 is 34.5 Å². The second kappa shape index (κ2) is 10.2. The van der Waals surface area contributed by atoms with Crippen LogP contribution < -0.4 is 10.1 Å². The van der Waals surface area contributed by atoms with Crippen molar-refractivity contribution in [1.29, 1.82) is 0 Å². The van der Waals surface area contributed by atoms with Crippen LogP contribution in [-0.2, 0) is 12.8 Å². The molecule has 8 heteroatoms. The summed E-state index contributed by atoms with van der Waals surface area (Å²) in [6, 6.07) is 10.3. The van der Waals surface area contributed by atoms with E-state index in [-0.39, 0.29) is 27.8 Å². The molecule has 3 aromatic rings. The van der Waals surface area contributed by atoms with E-state index >= 15 is 0 Å². The van der Waals surface area contributed by atoms with Gasteiger partial charge in [0.1, 0.15) is 5.00 Å². The van der Waals surface area contributed by atoms with Gasteiger partial charge in [0.05, 0.1) is 17.7 Å². The largest absolute Gasteiger partial charge is 0.503 e. The quantitative estimate of drug-likeness (QED) is 0.329. The molecule has 0 spiro atoms. The van der Waals surface area contributed by atoms with E-state index in [9.17, 15) is 9.90 Å². The molecule has 1 aliphatic carbocycles. The van der Waals surface area contributed by atoms with Gasteiger partial charge in [-0.15, -0.1) is 11.3 Å². The molecule has 0 saturated heterocycles. The van der Waals surface area contributed by atoms with Gasteiger partial charge in [-0.1, -0.05) is 44.0 Å². The number of hydrogen-bond donors (Lipinski definition) is 2. The lowest BCUT2D eigenvalue weighted by Gasteiger charge is -2.33. The van der Waals surface area contributed by atoms with E-state index in [0.717, 1.165) is 24.8 Å². The summed E-state index contributed by atoms with van der Waals surface area (Å²) in [6.07, 6.45) is 4.44. The van der Waals surface area contributed by atoms with Crippen molar-refractivity contribution in [2.24, 2.45) is 16.3 Å². The van der Waals surface area contributed by atoms with Gasteiger partial charge < -0.3 is 15.2 Å². The fourth-order valence-corrected chi connectivity index (χ4v) is 5.93. The van der Waals surface area contributed by atoms with E-state index in [2.05, 4.69) is 26.1 Å². The van der Waals surface area contributed by atoms with Crippen LogP contribution in [0.25, 0.3) is 0 Å². The van der Waals surface area contributed by atoms with Crippen LogP contribution in [0.4, 0.5) is 10.7 Å². The fraction of sp³-hybridized carbons (Fsp3) is 0.333. The molecule has 4 rings (SSSR count). The van der Waals surface area contributed by atoms with E-state index in [0.29, 0.717) is 32.8 Å². The van der Waals surface area contributed by atoms with E-state index < -0.39 is 0 Å². The standard InChI is InChI=1S/C27H28Cl2N2O3S/c1-27(2,3)16-5-10-19-22(13-16)35-26(23(19)25(33)31-18-8-6-17(28)7-9-18)30-14-15-11-20(29)24(32)21(12-15)34-4/h6-9,11-12,14,16,32H,5,10,13H2,1-4H3,(H,31,33)/t16-/m1/s1. The number of aliphatic imine (C=N–C) groups is 1. The lowest BCUT2D eigenvalue weighted by Crippen LogP contribution is -2.27. The Morgan fingerprint density at radius 2 is 1.94 bits per heavy atom. The number of anilines is 1. The number of carbonyl (C=O) groups excluding carboxylic acids is 1. The molecule has 1 aliphatic rings. The molecule has 0 bridgehead atoms. The summed E-state index contributed by atoms with van der Waals surface area (Å²) < 4.78 is 5.20. The van der Waals surface area contributed by atoms with Crippen LogP contribution in [-0.4, -0.2) is 24.3 Å². The zero-order valence-corrected chi connectivity index (χ0v) is 22.4. The highest BCUT2D eigenvalue weighted by atomic mass is 35.5. The third kappa shape index (κ3) is 5.66. The number of methoxy groups -OCH3 is 1. The van der Waals surface area contributed by atoms with Crippen LogP contribution in [0, 0.1) is 11.3 Å². The molecule has 1 aromatic heterocycles. The highest BCUT2D eigenvalue weighted by molar-refractivity contribution is 7.16. The second-order valence-electron chi connectivity index (χ2n) is 9.76. The highest BCUT2D eigenvalue weighted by Gasteiger charge is 2.33. The zero-order valence-electron chi connectivity index (χ0n) is 20.1. The first-order chi connectivity index (χ1) is 16.6. The molecular weight excluding hydrogens is 503 g/mol. The predicted octanol–water partition coefficient (Wildman–Crippen LogP) is 7.92. The molecule has 35 heavy (non-hydrogen) atoms. The first kappa shape index (κ1) is 25.5. The van der Waals surface area contributed by atoms with Crippen LogP contribution in [0.2, 0.25) is 10.0 Å². The fourth-order valence-electron chi connectivity index (χ4n) is 4.32. The van der Waals surface area contributed by atoms with Gasteiger partial charge in [0.25, 0.3) is 5.91 Å². The molecule has 2 N–H and O–H groups in total. The Hall–Kier alpha value is -2.54. The number of benzene rings is 2. The molecule has 5 nitrogen and oxygen atoms in total. The SMILES string of the molecule is COc1cc(C=Nc2sc3c(c2C(=O)Nc2ccc(Cl)cc2)CC[C@@H](C(C)(C)C)C3)cc(Cl)c1O. The summed E-state index contributed by atoms with van der Waals surface area (Å²) in [5, 5.41) is 14.5. The third-order valence-electron chi connectivity index (χ3n) is 6.40. The van der Waals surface area contributed by atoms with Gasteiger partial charge in [0.15, 0.2) is 11.5 Å². The van der Waals surface area contributed by atoms with Gasteiger partial charge in [-0.05, 0) is 78.1 Å². The van der Waals surface area contributed by atoms with Crippen LogP contribution in [0.1, 0.15) is 53.6 Å². The van der Waals surface area contributed by atoms with Gasteiger partial charge in [0, 0.05) is 21.8 Å². The number of thiophene rings is 1. The minimum atomic E-state index is -0.187. The first-order valence-electron chi connectivity index (χ1n) is 11.4. The Balaban J connectivity index is 1.72. The van der Waals surface area contributed by atoms with E-state index in [1.165, 1.54) is 12.0 Å². The molecule has 1 amide bonds. The summed E-state index contributed by atoms with van der Waals surface area (Å²) in [7, 11) is 1.46. The number of phenols is 1. The van der Waals surface area contributed by atoms with Crippen molar-refractivity contribution in [3.63, 3.8) is 0 Å². The molecule has 0 aliphatic heterocycles. The Kier molecular flexibility index (Phi) is 7.46. The Labute approximate surface area is 219 Å². The topological polar surface area (TPSA) is 70.9 Å². The number of nitrogens with one attached hydrogen (secondary N) is 1. The van der Waals surface area contributed by atoms with Crippen molar-refractivity contribution in [3.05, 3.63) is 68.0 Å². The molecule has 2 aromatic carbocycles. The van der Waals surface area contributed by atoms with Crippen molar-refractivity contribution in [2.45, 2.75) is 40.0 Å². The Morgan fingerprint density at radius 1 is 1.23 bits per heavy atom. The lowest BCUT2D eigenvalue weighted by atomic mass is 9.72. The van der Waals surface area contributed by atoms with E-state index in [4.69, 9.17) is 32.9 Å². The van der Waals surface area contributed by atoms with Crippen molar-refractivity contribution in [2.75, 3.05) is 12.4 Å². The van der Waals surface area contributed by atoms with Gasteiger partial charge in [-0.25, -0.2) is 4.99 Å². The van der Waals surface area contributed by atoms with Gasteiger partial charge >= 0.3 is 0 Å². The number of ether oxygens (including phenoxy) is 1. The number of carbonyl (C=O) groups is 1. The van der Waals surface area contributed by atoms with Crippen molar-refractivity contribution < 1.29 is 14.6 Å². The summed E-state index contributed by atoms with van der Waals surface area (Å²) in [6.45, 7) is 6.81. The van der Waals surface area contributed by atoms with E-state index in [1.54, 1.807) is 53.9 Å². The number of halogens is 2. The third-order valence-corrected chi connectivity index (χ3v) is 8.10. The zero-order chi connectivity index (χ0) is 25.3. The Morgan fingerprint density at radius 3 is 2.60 bits per heavy atom. The van der Waals surface area contributed by atoms with Gasteiger partial charge in [-0.2, -0.15) is 0 Å². The summed E-state index contributed by atoms with van der Waals surface area (Å²) in [4.78, 5) is 19.4.